The number of carbonyl (C=O) groups is 2. The van der Waals surface area contributed by atoms with Crippen molar-refractivity contribution in [2.45, 2.75) is 81.2 Å². The Morgan fingerprint density at radius 2 is 1.52 bits per heavy atom. The van der Waals surface area contributed by atoms with Gasteiger partial charge in [-0.15, -0.1) is 0 Å². The molecule has 19 nitrogen and oxygen atoms in total. The van der Waals surface area contributed by atoms with Crippen molar-refractivity contribution in [3.63, 3.8) is 0 Å². The summed E-state index contributed by atoms with van der Waals surface area (Å²) < 4.78 is 38.0. The SMILES string of the molecule is C=COC(=O)CCC(=O)O[C@@H]1[C@@H](O)[C@@H](O)[C@H](OC[C@H]2O[C@@H](Oc3c(-c4ccc(O)c(O)c4)oc4cc(O)cc(O)c4c3=O)[C@H](O)[C@@H](O)[C@@H]2O)O[C@H]1C. The van der Waals surface area contributed by atoms with Gasteiger partial charge >= 0.3 is 11.9 Å². The molecule has 0 aliphatic carbocycles. The third kappa shape index (κ3) is 7.91. The molecule has 2 fully saturated rings. The minimum absolute atomic E-state index is 0.0619. The molecule has 3 aromatic rings. The van der Waals surface area contributed by atoms with Crippen molar-refractivity contribution >= 4 is 22.9 Å². The molecule has 3 heterocycles. The zero-order chi connectivity index (χ0) is 38.0. The largest absolute Gasteiger partial charge is 0.508 e. The molecule has 1 aromatic heterocycles. The molecule has 282 valence electrons. The van der Waals surface area contributed by atoms with Crippen molar-refractivity contribution in [3.05, 3.63) is 53.4 Å². The third-order valence-electron chi connectivity index (χ3n) is 8.27. The Bertz CT molecular complexity index is 1860. The van der Waals surface area contributed by atoms with E-state index in [2.05, 4.69) is 11.3 Å². The van der Waals surface area contributed by atoms with Gasteiger partial charge in [-0.1, -0.05) is 6.58 Å². The van der Waals surface area contributed by atoms with Gasteiger partial charge in [-0.25, -0.2) is 0 Å². The molecule has 0 radical (unpaired) electrons. The van der Waals surface area contributed by atoms with Crippen LogP contribution >= 0.6 is 0 Å². The van der Waals surface area contributed by atoms with Gasteiger partial charge in [0.25, 0.3) is 0 Å². The molecule has 2 aromatic carbocycles. The summed E-state index contributed by atoms with van der Waals surface area (Å²) in [5.41, 5.74) is -1.44. The molecule has 0 bridgehead atoms. The van der Waals surface area contributed by atoms with E-state index in [1.807, 2.05) is 0 Å². The third-order valence-corrected chi connectivity index (χ3v) is 8.27. The highest BCUT2D eigenvalue weighted by molar-refractivity contribution is 5.88. The molecule has 19 heteroatoms. The fourth-order valence-electron chi connectivity index (χ4n) is 5.56. The molecular weight excluding hydrogens is 700 g/mol. The van der Waals surface area contributed by atoms with Crippen LogP contribution in [0.5, 0.6) is 28.7 Å². The van der Waals surface area contributed by atoms with Gasteiger partial charge in [-0.2, -0.15) is 0 Å². The van der Waals surface area contributed by atoms with E-state index >= 15 is 0 Å². The maximum absolute atomic E-state index is 13.7. The Balaban J connectivity index is 1.33. The maximum atomic E-state index is 13.7. The lowest BCUT2D eigenvalue weighted by Gasteiger charge is -2.43. The van der Waals surface area contributed by atoms with Gasteiger partial charge < -0.3 is 78.8 Å². The van der Waals surface area contributed by atoms with Gasteiger partial charge in [0.1, 0.15) is 59.1 Å². The second-order valence-electron chi connectivity index (χ2n) is 11.9. The van der Waals surface area contributed by atoms with Gasteiger partial charge in [0.05, 0.1) is 31.8 Å². The van der Waals surface area contributed by atoms with Gasteiger partial charge in [-0.05, 0) is 25.1 Å². The van der Waals surface area contributed by atoms with Crippen LogP contribution in [-0.4, -0.2) is 126 Å². The smallest absolute Gasteiger partial charge is 0.311 e. The number of rotatable bonds is 11. The summed E-state index contributed by atoms with van der Waals surface area (Å²) in [6.07, 6.45) is -16.9. The molecule has 0 saturated carbocycles. The van der Waals surface area contributed by atoms with Crippen LogP contribution in [0.1, 0.15) is 19.8 Å². The minimum Gasteiger partial charge on any atom is -0.508 e. The molecule has 0 unspecified atom stereocenters. The van der Waals surface area contributed by atoms with Crippen LogP contribution in [0.4, 0.5) is 0 Å². The van der Waals surface area contributed by atoms with E-state index in [0.29, 0.717) is 0 Å². The van der Waals surface area contributed by atoms with Crippen LogP contribution in [0.3, 0.4) is 0 Å². The highest BCUT2D eigenvalue weighted by Gasteiger charge is 2.49. The number of hydrogen-bond donors (Lipinski definition) is 9. The number of aliphatic hydroxyl groups excluding tert-OH is 5. The van der Waals surface area contributed by atoms with Crippen molar-refractivity contribution in [1.29, 1.82) is 0 Å². The number of phenols is 4. The van der Waals surface area contributed by atoms with E-state index in [9.17, 15) is 60.3 Å². The Hall–Kier alpha value is -4.99. The van der Waals surface area contributed by atoms with E-state index in [1.54, 1.807) is 0 Å². The molecular formula is C33H36O19. The van der Waals surface area contributed by atoms with Crippen molar-refractivity contribution in [2.24, 2.45) is 0 Å². The average molecular weight is 737 g/mol. The molecule has 2 aliphatic heterocycles. The summed E-state index contributed by atoms with van der Waals surface area (Å²) >= 11 is 0. The lowest BCUT2D eigenvalue weighted by atomic mass is 9.98. The zero-order valence-corrected chi connectivity index (χ0v) is 27.2. The van der Waals surface area contributed by atoms with Crippen molar-refractivity contribution in [3.8, 4) is 40.1 Å². The molecule has 0 spiro atoms. The van der Waals surface area contributed by atoms with Crippen LogP contribution in [0.2, 0.25) is 0 Å². The summed E-state index contributed by atoms with van der Waals surface area (Å²) in [5.74, 6) is -5.15. The first kappa shape index (κ1) is 38.2. The van der Waals surface area contributed by atoms with Gasteiger partial charge in [0.15, 0.2) is 29.7 Å². The highest BCUT2D eigenvalue weighted by Crippen LogP contribution is 2.39. The minimum atomic E-state index is -2.02. The Kier molecular flexibility index (Phi) is 11.6. The van der Waals surface area contributed by atoms with Crippen LogP contribution in [0, 0.1) is 0 Å². The maximum Gasteiger partial charge on any atom is 0.311 e. The predicted molar refractivity (Wildman–Crippen MR) is 170 cm³/mol. The number of benzene rings is 2. The first-order chi connectivity index (χ1) is 24.6. The standard InChI is InChI=1S/C33H36O19/c1-3-46-20(38)6-7-21(39)51-29-12(2)48-32(28(45)26(29)43)47-11-19-23(40)25(42)27(44)33(50-19)52-31-24(41)22-17(37)9-14(34)10-18(22)49-30(31)13-4-5-15(35)16(36)8-13/h3-5,8-10,12,19,23,25-29,32-37,40,42-45H,1,6-7,11H2,2H3/t12-,19+,23+,25-,26-,27+,28+,29-,32+,33-/m0/s1. The molecule has 2 saturated heterocycles. The fourth-order valence-corrected chi connectivity index (χ4v) is 5.56. The first-order valence-electron chi connectivity index (χ1n) is 15.7. The van der Waals surface area contributed by atoms with Crippen LogP contribution < -0.4 is 10.2 Å². The highest BCUT2D eigenvalue weighted by atomic mass is 16.7. The number of esters is 2. The lowest BCUT2D eigenvalue weighted by Crippen LogP contribution is -2.62. The number of carbonyl (C=O) groups excluding carboxylic acids is 2. The van der Waals surface area contributed by atoms with Crippen LogP contribution in [-0.2, 0) is 33.3 Å². The van der Waals surface area contributed by atoms with E-state index < -0.39 is 132 Å². The molecule has 10 atom stereocenters. The summed E-state index contributed by atoms with van der Waals surface area (Å²) in [5, 5.41) is 93.4. The van der Waals surface area contributed by atoms with Crippen molar-refractivity contribution < 1.29 is 88.4 Å². The quantitative estimate of drug-likeness (QED) is 0.0670. The molecule has 2 aliphatic rings. The lowest BCUT2D eigenvalue weighted by molar-refractivity contribution is -0.319. The summed E-state index contributed by atoms with van der Waals surface area (Å²) in [4.78, 5) is 37.4. The van der Waals surface area contributed by atoms with Crippen LogP contribution in [0.15, 0.2) is 52.4 Å². The Morgan fingerprint density at radius 3 is 2.21 bits per heavy atom. The van der Waals surface area contributed by atoms with Crippen molar-refractivity contribution in [1.82, 2.24) is 0 Å². The average Bonchev–Trinajstić information content (AvgIpc) is 3.09. The van der Waals surface area contributed by atoms with Crippen molar-refractivity contribution in [2.75, 3.05) is 6.61 Å². The first-order valence-corrected chi connectivity index (χ1v) is 15.7. The summed E-state index contributed by atoms with van der Waals surface area (Å²) in [7, 11) is 0. The Labute approximate surface area is 292 Å². The monoisotopic (exact) mass is 736 g/mol. The van der Waals surface area contributed by atoms with Gasteiger partial charge in [0, 0.05) is 17.7 Å². The number of hydrogen-bond acceptors (Lipinski definition) is 19. The van der Waals surface area contributed by atoms with Crippen LogP contribution in [0.25, 0.3) is 22.3 Å². The number of fused-ring (bicyclic) bond motifs is 1. The molecule has 5 rings (SSSR count). The predicted octanol–water partition coefficient (Wildman–Crippen LogP) is -0.669. The van der Waals surface area contributed by atoms with E-state index in [0.717, 1.165) is 30.5 Å². The zero-order valence-electron chi connectivity index (χ0n) is 27.2. The van der Waals surface area contributed by atoms with E-state index in [4.69, 9.17) is 28.1 Å². The second-order valence-corrected chi connectivity index (χ2v) is 11.9. The second kappa shape index (κ2) is 15.7. The van der Waals surface area contributed by atoms with Gasteiger partial charge in [0.2, 0.25) is 17.5 Å². The summed E-state index contributed by atoms with van der Waals surface area (Å²) in [6, 6.07) is 5.15. The van der Waals surface area contributed by atoms with E-state index in [-0.39, 0.29) is 17.6 Å². The topological polar surface area (TPSA) is 302 Å². The summed E-state index contributed by atoms with van der Waals surface area (Å²) in [6.45, 7) is 3.93. The fraction of sp³-hybridized carbons (Fsp3) is 0.424. The normalized spacial score (nSPS) is 29.0. The number of aliphatic hydroxyl groups is 5. The number of aromatic hydroxyl groups is 4. The number of ether oxygens (including phenoxy) is 6. The molecule has 0 amide bonds. The number of phenolic OH excluding ortho intramolecular Hbond substituents is 4. The Morgan fingerprint density at radius 1 is 0.827 bits per heavy atom. The molecule has 52 heavy (non-hydrogen) atoms. The molecule has 9 N–H and O–H groups in total. The van der Waals surface area contributed by atoms with Gasteiger partial charge in [-0.3, -0.25) is 14.4 Å². The van der Waals surface area contributed by atoms with E-state index in [1.165, 1.54) is 13.0 Å².